The van der Waals surface area contributed by atoms with E-state index in [0.29, 0.717) is 12.6 Å². The van der Waals surface area contributed by atoms with Gasteiger partial charge in [-0.15, -0.1) is 0 Å². The van der Waals surface area contributed by atoms with Crippen LogP contribution in [-0.4, -0.2) is 43.1 Å². The van der Waals surface area contributed by atoms with Crippen molar-refractivity contribution in [2.75, 3.05) is 32.1 Å². The molecular weight excluding hydrogens is 248 g/mol. The van der Waals surface area contributed by atoms with Gasteiger partial charge in [0, 0.05) is 36.8 Å². The van der Waals surface area contributed by atoms with E-state index < -0.39 is 0 Å². The summed E-state index contributed by atoms with van der Waals surface area (Å²) in [6.07, 6.45) is 1.20. The molecule has 1 unspecified atom stereocenters. The molecular formula is C16H28N4. The molecule has 1 aromatic rings. The molecule has 1 aliphatic rings. The van der Waals surface area contributed by atoms with Crippen LogP contribution in [0.2, 0.25) is 0 Å². The molecule has 0 aliphatic carbocycles. The van der Waals surface area contributed by atoms with Gasteiger partial charge < -0.3 is 15.5 Å². The molecule has 0 saturated carbocycles. The lowest BCUT2D eigenvalue weighted by atomic mass is 9.90. The lowest BCUT2D eigenvalue weighted by Crippen LogP contribution is -2.32. The van der Waals surface area contributed by atoms with Crippen LogP contribution in [0.15, 0.2) is 12.1 Å². The van der Waals surface area contributed by atoms with Gasteiger partial charge in [-0.1, -0.05) is 20.8 Å². The first-order valence-corrected chi connectivity index (χ1v) is 7.44. The Bertz CT molecular complexity index is 462. The molecule has 4 heteroatoms. The van der Waals surface area contributed by atoms with Crippen LogP contribution >= 0.6 is 0 Å². The van der Waals surface area contributed by atoms with Gasteiger partial charge in [0.05, 0.1) is 0 Å². The molecule has 1 aliphatic heterocycles. The second kappa shape index (κ2) is 5.70. The molecule has 1 atom stereocenters. The van der Waals surface area contributed by atoms with Crippen molar-refractivity contribution in [3.8, 4) is 0 Å². The van der Waals surface area contributed by atoms with E-state index in [4.69, 9.17) is 10.7 Å². The first-order valence-electron chi connectivity index (χ1n) is 7.44. The number of hydrogen-bond acceptors (Lipinski definition) is 4. The Labute approximate surface area is 123 Å². The molecule has 1 saturated heterocycles. The summed E-state index contributed by atoms with van der Waals surface area (Å²) in [5.74, 6) is 1.09. The van der Waals surface area contributed by atoms with E-state index in [1.807, 2.05) is 0 Å². The molecule has 2 rings (SSSR count). The molecule has 1 aromatic heterocycles. The molecule has 2 N–H and O–H groups in total. The number of hydrogen-bond donors (Lipinski definition) is 1. The molecule has 0 spiro atoms. The predicted molar refractivity (Wildman–Crippen MR) is 85.1 cm³/mol. The summed E-state index contributed by atoms with van der Waals surface area (Å²) in [6.45, 7) is 9.30. The smallest absolute Gasteiger partial charge is 0.129 e. The minimum absolute atomic E-state index is 0.0562. The fourth-order valence-electron chi connectivity index (χ4n) is 2.61. The Morgan fingerprint density at radius 3 is 2.55 bits per heavy atom. The Morgan fingerprint density at radius 2 is 2.05 bits per heavy atom. The van der Waals surface area contributed by atoms with Crippen molar-refractivity contribution in [3.63, 3.8) is 0 Å². The van der Waals surface area contributed by atoms with Gasteiger partial charge in [0.1, 0.15) is 5.82 Å². The Hall–Kier alpha value is -1.13. The Kier molecular flexibility index (Phi) is 4.35. The summed E-state index contributed by atoms with van der Waals surface area (Å²) < 4.78 is 0. The van der Waals surface area contributed by atoms with E-state index in [2.05, 4.69) is 56.8 Å². The van der Waals surface area contributed by atoms with Gasteiger partial charge in [-0.25, -0.2) is 4.98 Å². The van der Waals surface area contributed by atoms with Gasteiger partial charge in [-0.3, -0.25) is 0 Å². The Balaban J connectivity index is 2.28. The number of nitrogens with zero attached hydrogens (tertiary/aromatic N) is 3. The van der Waals surface area contributed by atoms with Crippen molar-refractivity contribution in [1.29, 1.82) is 0 Å². The normalized spacial score (nSPS) is 19.9. The van der Waals surface area contributed by atoms with Gasteiger partial charge in [0.25, 0.3) is 0 Å². The standard InChI is InChI=1S/C16H28N4/c1-16(2,3)14-8-12(10-17)9-15(18-14)20-7-6-13(11-20)19(4)5/h8-9,13H,6-7,10-11,17H2,1-5H3. The summed E-state index contributed by atoms with van der Waals surface area (Å²) in [7, 11) is 4.30. The number of pyridine rings is 1. The van der Waals surface area contributed by atoms with Crippen LogP contribution in [0.4, 0.5) is 5.82 Å². The summed E-state index contributed by atoms with van der Waals surface area (Å²) in [5.41, 5.74) is 8.21. The zero-order valence-corrected chi connectivity index (χ0v) is 13.5. The second-order valence-corrected chi connectivity index (χ2v) is 7.03. The Morgan fingerprint density at radius 1 is 1.35 bits per heavy atom. The minimum Gasteiger partial charge on any atom is -0.355 e. The maximum absolute atomic E-state index is 5.85. The average molecular weight is 276 g/mol. The molecule has 0 bridgehead atoms. The molecule has 4 nitrogen and oxygen atoms in total. The maximum Gasteiger partial charge on any atom is 0.129 e. The molecule has 20 heavy (non-hydrogen) atoms. The number of aromatic nitrogens is 1. The van der Waals surface area contributed by atoms with Crippen LogP contribution in [0.1, 0.15) is 38.4 Å². The van der Waals surface area contributed by atoms with Gasteiger partial charge in [0.15, 0.2) is 0 Å². The molecule has 0 radical (unpaired) electrons. The first kappa shape index (κ1) is 15.3. The van der Waals surface area contributed by atoms with Crippen molar-refractivity contribution < 1.29 is 0 Å². The van der Waals surface area contributed by atoms with Gasteiger partial charge in [0.2, 0.25) is 0 Å². The average Bonchev–Trinajstić information content (AvgIpc) is 2.87. The van der Waals surface area contributed by atoms with Crippen LogP contribution < -0.4 is 10.6 Å². The van der Waals surface area contributed by atoms with Crippen LogP contribution in [0, 0.1) is 0 Å². The highest BCUT2D eigenvalue weighted by atomic mass is 15.3. The van der Waals surface area contributed by atoms with Gasteiger partial charge in [-0.2, -0.15) is 0 Å². The SMILES string of the molecule is CN(C)C1CCN(c2cc(CN)cc(C(C)(C)C)n2)C1. The van der Waals surface area contributed by atoms with Crippen molar-refractivity contribution in [3.05, 3.63) is 23.4 Å². The van der Waals surface area contributed by atoms with Crippen molar-refractivity contribution in [2.24, 2.45) is 5.73 Å². The predicted octanol–water partition coefficient (Wildman–Crippen LogP) is 1.98. The fraction of sp³-hybridized carbons (Fsp3) is 0.688. The van der Waals surface area contributed by atoms with E-state index in [1.54, 1.807) is 0 Å². The van der Waals surface area contributed by atoms with E-state index in [0.717, 1.165) is 24.6 Å². The summed E-state index contributed by atoms with van der Waals surface area (Å²) in [4.78, 5) is 9.57. The number of likely N-dealkylation sites (N-methyl/N-ethyl adjacent to an activating group) is 1. The number of rotatable bonds is 3. The zero-order chi connectivity index (χ0) is 14.9. The van der Waals surface area contributed by atoms with Crippen LogP contribution in [0.3, 0.4) is 0 Å². The van der Waals surface area contributed by atoms with Crippen molar-refractivity contribution in [2.45, 2.75) is 45.2 Å². The van der Waals surface area contributed by atoms with Crippen LogP contribution in [0.5, 0.6) is 0 Å². The molecule has 0 aromatic carbocycles. The highest BCUT2D eigenvalue weighted by molar-refractivity contribution is 5.45. The quantitative estimate of drug-likeness (QED) is 0.917. The van der Waals surface area contributed by atoms with Crippen molar-refractivity contribution >= 4 is 5.82 Å². The van der Waals surface area contributed by atoms with Crippen LogP contribution in [0.25, 0.3) is 0 Å². The van der Waals surface area contributed by atoms with Gasteiger partial charge in [-0.05, 0) is 38.2 Å². The van der Waals surface area contributed by atoms with E-state index in [9.17, 15) is 0 Å². The highest BCUT2D eigenvalue weighted by Crippen LogP contribution is 2.27. The molecule has 112 valence electrons. The first-order chi connectivity index (χ1) is 9.31. The maximum atomic E-state index is 5.85. The lowest BCUT2D eigenvalue weighted by molar-refractivity contribution is 0.315. The third-order valence-corrected chi connectivity index (χ3v) is 4.09. The highest BCUT2D eigenvalue weighted by Gasteiger charge is 2.26. The van der Waals surface area contributed by atoms with Crippen molar-refractivity contribution in [1.82, 2.24) is 9.88 Å². The third kappa shape index (κ3) is 3.30. The monoisotopic (exact) mass is 276 g/mol. The fourth-order valence-corrected chi connectivity index (χ4v) is 2.61. The zero-order valence-electron chi connectivity index (χ0n) is 13.5. The third-order valence-electron chi connectivity index (χ3n) is 4.09. The summed E-state index contributed by atoms with van der Waals surface area (Å²) in [5, 5.41) is 0. The summed E-state index contributed by atoms with van der Waals surface area (Å²) in [6, 6.07) is 4.91. The van der Waals surface area contributed by atoms with E-state index >= 15 is 0 Å². The topological polar surface area (TPSA) is 45.4 Å². The second-order valence-electron chi connectivity index (χ2n) is 7.03. The lowest BCUT2D eigenvalue weighted by Gasteiger charge is -2.25. The van der Waals surface area contributed by atoms with E-state index in [1.165, 1.54) is 12.0 Å². The molecule has 1 fully saturated rings. The molecule has 0 amide bonds. The summed E-state index contributed by atoms with van der Waals surface area (Å²) >= 11 is 0. The minimum atomic E-state index is 0.0562. The number of anilines is 1. The van der Waals surface area contributed by atoms with E-state index in [-0.39, 0.29) is 5.41 Å². The van der Waals surface area contributed by atoms with Crippen LogP contribution in [-0.2, 0) is 12.0 Å². The number of nitrogens with two attached hydrogens (primary N) is 1. The molecule has 2 heterocycles. The van der Waals surface area contributed by atoms with Gasteiger partial charge >= 0.3 is 0 Å². The largest absolute Gasteiger partial charge is 0.355 e.